The van der Waals surface area contributed by atoms with Crippen LogP contribution in [0.3, 0.4) is 0 Å². The number of carbonyl (C=O) groups excluding carboxylic acids is 1. The molecule has 8 heteroatoms. The number of carbonyl (C=O) groups is 1. The highest BCUT2D eigenvalue weighted by Gasteiger charge is 2.27. The molecule has 5 rings (SSSR count). The van der Waals surface area contributed by atoms with Gasteiger partial charge in [0.25, 0.3) is 11.5 Å². The number of nitrogens with zero attached hydrogens (tertiary/aromatic N) is 4. The van der Waals surface area contributed by atoms with Crippen LogP contribution < -0.4 is 15.2 Å². The molecule has 1 amide bonds. The van der Waals surface area contributed by atoms with Gasteiger partial charge in [-0.1, -0.05) is 48.0 Å². The molecule has 0 aliphatic heterocycles. The van der Waals surface area contributed by atoms with Crippen molar-refractivity contribution in [3.8, 4) is 11.4 Å². The van der Waals surface area contributed by atoms with Gasteiger partial charge >= 0.3 is 0 Å². The maximum Gasteiger partial charge on any atom is 0.296 e. The van der Waals surface area contributed by atoms with Crippen molar-refractivity contribution in [2.45, 2.75) is 13.8 Å². The van der Waals surface area contributed by atoms with Gasteiger partial charge in [-0.3, -0.25) is 9.59 Å². The Kier molecular flexibility index (Phi) is 6.02. The first kappa shape index (κ1) is 23.6. The Morgan fingerprint density at radius 1 is 1.08 bits per heavy atom. The highest BCUT2D eigenvalue weighted by Crippen LogP contribution is 2.31. The van der Waals surface area contributed by atoms with Crippen molar-refractivity contribution in [3.63, 3.8) is 0 Å². The quantitative estimate of drug-likeness (QED) is 0.319. The normalized spacial score (nSPS) is 11.2. The number of rotatable bonds is 5. The average Bonchev–Trinajstić information content (AvgIpc) is 3.19. The summed E-state index contributed by atoms with van der Waals surface area (Å²) >= 11 is 6.37. The Bertz CT molecular complexity index is 1700. The van der Waals surface area contributed by atoms with Crippen LogP contribution in [0.4, 0.5) is 5.69 Å². The van der Waals surface area contributed by atoms with Crippen LogP contribution >= 0.6 is 11.6 Å². The number of fused-ring (bicyclic) bond motifs is 3. The fourth-order valence-electron chi connectivity index (χ4n) is 4.71. The van der Waals surface area contributed by atoms with Crippen LogP contribution in [0, 0.1) is 6.92 Å². The van der Waals surface area contributed by atoms with Gasteiger partial charge < -0.3 is 14.2 Å². The summed E-state index contributed by atoms with van der Waals surface area (Å²) in [5, 5.41) is 6.32. The van der Waals surface area contributed by atoms with E-state index in [9.17, 15) is 9.59 Å². The number of para-hydroxylation sites is 2. The maximum absolute atomic E-state index is 14.2. The van der Waals surface area contributed by atoms with E-state index >= 15 is 0 Å². The zero-order chi connectivity index (χ0) is 25.6. The van der Waals surface area contributed by atoms with E-state index in [1.165, 1.54) is 11.8 Å². The van der Waals surface area contributed by atoms with E-state index < -0.39 is 0 Å². The summed E-state index contributed by atoms with van der Waals surface area (Å²) in [5.74, 6) is 0.189. The molecule has 0 fully saturated rings. The standard InChI is InChI=1S/C28H25ClN4O3/c1-5-32(21-12-8-6-10-17(21)2)27(34)25-24-19-11-7-9-13-22(19)31(3)26(24)28(35)33(30-25)18-14-15-23(36-4)20(29)16-18/h6-16H,5H2,1-4H3. The lowest BCUT2D eigenvalue weighted by atomic mass is 10.1. The first-order valence-electron chi connectivity index (χ1n) is 11.6. The fourth-order valence-corrected chi connectivity index (χ4v) is 4.96. The number of benzene rings is 3. The molecule has 5 aromatic rings. The number of aromatic nitrogens is 3. The number of aryl methyl sites for hydroxylation is 2. The number of hydrogen-bond donors (Lipinski definition) is 0. The second-order valence-corrected chi connectivity index (χ2v) is 8.93. The van der Waals surface area contributed by atoms with Crippen molar-refractivity contribution in [2.24, 2.45) is 7.05 Å². The van der Waals surface area contributed by atoms with Crippen LogP contribution in [-0.2, 0) is 7.05 Å². The Hall–Kier alpha value is -4.10. The molecule has 0 aliphatic carbocycles. The smallest absolute Gasteiger partial charge is 0.296 e. The van der Waals surface area contributed by atoms with Crippen molar-refractivity contribution < 1.29 is 9.53 Å². The second-order valence-electron chi connectivity index (χ2n) is 8.52. The monoisotopic (exact) mass is 500 g/mol. The predicted octanol–water partition coefficient (Wildman–Crippen LogP) is 5.51. The minimum Gasteiger partial charge on any atom is -0.495 e. The Balaban J connectivity index is 1.85. The Morgan fingerprint density at radius 2 is 1.81 bits per heavy atom. The van der Waals surface area contributed by atoms with Gasteiger partial charge in [0.05, 0.1) is 17.8 Å². The molecule has 3 aromatic carbocycles. The zero-order valence-corrected chi connectivity index (χ0v) is 21.2. The summed E-state index contributed by atoms with van der Waals surface area (Å²) in [5.41, 5.74) is 3.28. The number of ether oxygens (including phenoxy) is 1. The highest BCUT2D eigenvalue weighted by molar-refractivity contribution is 6.32. The predicted molar refractivity (Wildman–Crippen MR) is 144 cm³/mol. The largest absolute Gasteiger partial charge is 0.495 e. The van der Waals surface area contributed by atoms with Crippen LogP contribution in [0.25, 0.3) is 27.5 Å². The lowest BCUT2D eigenvalue weighted by molar-refractivity contribution is 0.0983. The molecule has 36 heavy (non-hydrogen) atoms. The van der Waals surface area contributed by atoms with Crippen LogP contribution in [-0.4, -0.2) is 33.9 Å². The summed E-state index contributed by atoms with van der Waals surface area (Å²) in [4.78, 5) is 29.6. The third-order valence-corrected chi connectivity index (χ3v) is 6.78. The van der Waals surface area contributed by atoms with Crippen LogP contribution in [0.5, 0.6) is 5.75 Å². The summed E-state index contributed by atoms with van der Waals surface area (Å²) in [6, 6.07) is 20.3. The molecule has 0 N–H and O–H groups in total. The molecule has 7 nitrogen and oxygen atoms in total. The number of amides is 1. The van der Waals surface area contributed by atoms with Gasteiger partial charge in [0.1, 0.15) is 11.3 Å². The molecule has 0 saturated heterocycles. The maximum atomic E-state index is 14.2. The molecule has 182 valence electrons. The molecule has 2 aromatic heterocycles. The van der Waals surface area contributed by atoms with E-state index in [-0.39, 0.29) is 17.2 Å². The second kappa shape index (κ2) is 9.17. The number of halogens is 1. The molecular formula is C28H25ClN4O3. The molecule has 0 unspecified atom stereocenters. The van der Waals surface area contributed by atoms with E-state index in [0.717, 1.165) is 22.2 Å². The van der Waals surface area contributed by atoms with E-state index in [0.29, 0.717) is 33.9 Å². The van der Waals surface area contributed by atoms with Crippen molar-refractivity contribution in [2.75, 3.05) is 18.6 Å². The third kappa shape index (κ3) is 3.63. The Labute approximate surface area is 213 Å². The number of hydrogen-bond acceptors (Lipinski definition) is 4. The SMILES string of the molecule is CCN(C(=O)c1nn(-c2ccc(OC)c(Cl)c2)c(=O)c2c1c1ccccc1n2C)c1ccccc1C. The molecule has 0 saturated carbocycles. The van der Waals surface area contributed by atoms with Crippen LogP contribution in [0.2, 0.25) is 5.02 Å². The number of methoxy groups -OCH3 is 1. The molecule has 0 spiro atoms. The lowest BCUT2D eigenvalue weighted by Crippen LogP contribution is -2.34. The van der Waals surface area contributed by atoms with Crippen LogP contribution in [0.15, 0.2) is 71.5 Å². The van der Waals surface area contributed by atoms with Crippen molar-refractivity contribution in [1.29, 1.82) is 0 Å². The van der Waals surface area contributed by atoms with Gasteiger partial charge in [-0.2, -0.15) is 9.78 Å². The van der Waals surface area contributed by atoms with Crippen molar-refractivity contribution in [1.82, 2.24) is 14.3 Å². The molecule has 0 aliphatic rings. The van der Waals surface area contributed by atoms with E-state index in [1.807, 2.05) is 74.0 Å². The summed E-state index contributed by atoms with van der Waals surface area (Å²) in [6.07, 6.45) is 0. The summed E-state index contributed by atoms with van der Waals surface area (Å²) in [7, 11) is 3.35. The molecule has 0 radical (unpaired) electrons. The zero-order valence-electron chi connectivity index (χ0n) is 20.4. The van der Waals surface area contributed by atoms with Gasteiger partial charge in [0, 0.05) is 35.6 Å². The average molecular weight is 501 g/mol. The molecule has 0 bridgehead atoms. The van der Waals surface area contributed by atoms with Gasteiger partial charge in [-0.25, -0.2) is 0 Å². The summed E-state index contributed by atoms with van der Waals surface area (Å²) in [6.45, 7) is 4.32. The number of anilines is 1. The van der Waals surface area contributed by atoms with E-state index in [4.69, 9.17) is 16.3 Å². The fraction of sp³-hybridized carbons (Fsp3) is 0.179. The van der Waals surface area contributed by atoms with Gasteiger partial charge in [-0.15, -0.1) is 0 Å². The van der Waals surface area contributed by atoms with E-state index in [1.54, 1.807) is 23.1 Å². The minimum absolute atomic E-state index is 0.193. The molecule has 0 atom stereocenters. The van der Waals surface area contributed by atoms with Gasteiger partial charge in [-0.05, 0) is 49.7 Å². The first-order valence-corrected chi connectivity index (χ1v) is 12.0. The van der Waals surface area contributed by atoms with Gasteiger partial charge in [0.2, 0.25) is 0 Å². The van der Waals surface area contributed by atoms with Crippen molar-refractivity contribution >= 4 is 45.0 Å². The van der Waals surface area contributed by atoms with Crippen LogP contribution in [0.1, 0.15) is 23.0 Å². The van der Waals surface area contributed by atoms with Crippen molar-refractivity contribution in [3.05, 3.63) is 93.4 Å². The summed E-state index contributed by atoms with van der Waals surface area (Å²) < 4.78 is 8.32. The Morgan fingerprint density at radius 3 is 2.50 bits per heavy atom. The van der Waals surface area contributed by atoms with Gasteiger partial charge in [0.15, 0.2) is 5.69 Å². The molecule has 2 heterocycles. The lowest BCUT2D eigenvalue weighted by Gasteiger charge is -2.23. The highest BCUT2D eigenvalue weighted by atomic mass is 35.5. The molecular weight excluding hydrogens is 476 g/mol. The first-order chi connectivity index (χ1) is 17.4. The minimum atomic E-state index is -0.347. The third-order valence-electron chi connectivity index (χ3n) is 6.49. The van der Waals surface area contributed by atoms with E-state index in [2.05, 4.69) is 5.10 Å². The topological polar surface area (TPSA) is 69.4 Å².